The standard InChI is InChI=1S/C21H24N2O4/c1-21-5-6-23(2)19(8-13-3-4-15(24)9-17(13)21)18(21)12-27-16-7-14(20(25)26)10-22-11-16/h3-4,7,9-11,18-19,24H,5-6,8,12H2,1-2H3,(H,25,26)/t18-,19?,21-/m1/s1. The fourth-order valence-electron chi connectivity index (χ4n) is 4.72. The van der Waals surface area contributed by atoms with Crippen LogP contribution in [0, 0.1) is 5.92 Å². The second-order valence-corrected chi connectivity index (χ2v) is 7.89. The Hall–Kier alpha value is -2.60. The number of aromatic carboxylic acids is 1. The summed E-state index contributed by atoms with van der Waals surface area (Å²) in [6, 6.07) is 7.55. The van der Waals surface area contributed by atoms with Gasteiger partial charge < -0.3 is 19.8 Å². The molecule has 6 heteroatoms. The highest BCUT2D eigenvalue weighted by Crippen LogP contribution is 2.49. The number of aromatic hydroxyl groups is 1. The molecule has 0 radical (unpaired) electrons. The first-order valence-electron chi connectivity index (χ1n) is 9.22. The summed E-state index contributed by atoms with van der Waals surface area (Å²) < 4.78 is 6.02. The van der Waals surface area contributed by atoms with Gasteiger partial charge in [-0.2, -0.15) is 0 Å². The van der Waals surface area contributed by atoms with E-state index in [9.17, 15) is 9.90 Å². The van der Waals surface area contributed by atoms with Crippen molar-refractivity contribution in [1.29, 1.82) is 0 Å². The molecule has 142 valence electrons. The van der Waals surface area contributed by atoms with Gasteiger partial charge >= 0.3 is 5.97 Å². The summed E-state index contributed by atoms with van der Waals surface area (Å²) >= 11 is 0. The highest BCUT2D eigenvalue weighted by Gasteiger charge is 2.50. The minimum atomic E-state index is -1.02. The third kappa shape index (κ3) is 3.04. The van der Waals surface area contributed by atoms with E-state index in [1.807, 2.05) is 12.1 Å². The number of pyridine rings is 1. The van der Waals surface area contributed by atoms with E-state index >= 15 is 0 Å². The van der Waals surface area contributed by atoms with Gasteiger partial charge in [0.1, 0.15) is 11.5 Å². The van der Waals surface area contributed by atoms with Crippen LogP contribution in [0.5, 0.6) is 11.5 Å². The number of ether oxygens (including phenoxy) is 1. The lowest BCUT2D eigenvalue weighted by Crippen LogP contribution is -2.59. The van der Waals surface area contributed by atoms with Crippen molar-refractivity contribution in [1.82, 2.24) is 9.88 Å². The Labute approximate surface area is 158 Å². The SMILES string of the molecule is CN1CC[C@]2(C)c3cc(O)ccc3CC1[C@H]2COc1cncc(C(=O)O)c1. The Morgan fingerprint density at radius 3 is 2.96 bits per heavy atom. The van der Waals surface area contributed by atoms with Crippen LogP contribution in [0.15, 0.2) is 36.7 Å². The summed E-state index contributed by atoms with van der Waals surface area (Å²) in [5.74, 6) is -0.0102. The van der Waals surface area contributed by atoms with Crippen molar-refractivity contribution in [3.8, 4) is 11.5 Å². The number of rotatable bonds is 4. The molecule has 2 N–H and O–H groups in total. The number of phenols is 1. The van der Waals surface area contributed by atoms with Crippen LogP contribution in [-0.4, -0.2) is 52.3 Å². The Morgan fingerprint density at radius 1 is 1.37 bits per heavy atom. The molecule has 2 aromatic rings. The van der Waals surface area contributed by atoms with Crippen molar-refractivity contribution in [2.75, 3.05) is 20.2 Å². The molecule has 0 spiro atoms. The number of piperidine rings is 1. The highest BCUT2D eigenvalue weighted by molar-refractivity contribution is 5.87. The molecule has 27 heavy (non-hydrogen) atoms. The van der Waals surface area contributed by atoms with Gasteiger partial charge in [0.2, 0.25) is 0 Å². The van der Waals surface area contributed by atoms with Crippen molar-refractivity contribution >= 4 is 5.97 Å². The smallest absolute Gasteiger partial charge is 0.337 e. The number of hydrogen-bond acceptors (Lipinski definition) is 5. The summed E-state index contributed by atoms with van der Waals surface area (Å²) in [5, 5.41) is 19.2. The largest absolute Gasteiger partial charge is 0.508 e. The lowest BCUT2D eigenvalue weighted by atomic mass is 9.58. The Morgan fingerprint density at radius 2 is 2.19 bits per heavy atom. The molecule has 6 nitrogen and oxygen atoms in total. The van der Waals surface area contributed by atoms with Crippen LogP contribution >= 0.6 is 0 Å². The van der Waals surface area contributed by atoms with E-state index in [1.165, 1.54) is 23.4 Å². The quantitative estimate of drug-likeness (QED) is 0.863. The Kier molecular flexibility index (Phi) is 4.30. The topological polar surface area (TPSA) is 82.9 Å². The first-order chi connectivity index (χ1) is 12.9. The van der Waals surface area contributed by atoms with E-state index in [0.29, 0.717) is 24.1 Å². The molecule has 0 amide bonds. The normalized spacial score (nSPS) is 27.0. The van der Waals surface area contributed by atoms with Gasteiger partial charge in [0, 0.05) is 23.6 Å². The fourth-order valence-corrected chi connectivity index (χ4v) is 4.72. The molecule has 1 aliphatic heterocycles. The number of phenolic OH excluding ortho intramolecular Hbond substituents is 1. The number of carboxylic acids is 1. The van der Waals surface area contributed by atoms with E-state index in [1.54, 1.807) is 12.3 Å². The van der Waals surface area contributed by atoms with Crippen LogP contribution in [0.2, 0.25) is 0 Å². The third-order valence-corrected chi connectivity index (χ3v) is 6.36. The number of aromatic nitrogens is 1. The van der Waals surface area contributed by atoms with E-state index in [2.05, 4.69) is 23.9 Å². The monoisotopic (exact) mass is 368 g/mol. The van der Waals surface area contributed by atoms with Gasteiger partial charge in [-0.05, 0) is 55.8 Å². The molecule has 4 rings (SSSR count). The van der Waals surface area contributed by atoms with E-state index in [4.69, 9.17) is 9.84 Å². The second-order valence-electron chi connectivity index (χ2n) is 7.89. The number of hydrogen-bond donors (Lipinski definition) is 2. The van der Waals surface area contributed by atoms with Gasteiger partial charge in [-0.1, -0.05) is 13.0 Å². The molecular weight excluding hydrogens is 344 g/mol. The molecule has 2 aliphatic rings. The molecule has 1 aromatic heterocycles. The lowest BCUT2D eigenvalue weighted by molar-refractivity contribution is 0.0117. The second kappa shape index (κ2) is 6.53. The summed E-state index contributed by atoms with van der Waals surface area (Å²) in [5.41, 5.74) is 2.52. The molecule has 2 bridgehead atoms. The number of nitrogens with zero attached hydrogens (tertiary/aromatic N) is 2. The van der Waals surface area contributed by atoms with Crippen molar-refractivity contribution < 1.29 is 19.7 Å². The number of benzene rings is 1. The minimum Gasteiger partial charge on any atom is -0.508 e. The van der Waals surface area contributed by atoms with Crippen molar-refractivity contribution in [3.63, 3.8) is 0 Å². The average Bonchev–Trinajstić information content (AvgIpc) is 2.65. The van der Waals surface area contributed by atoms with Crippen LogP contribution in [0.25, 0.3) is 0 Å². The van der Waals surface area contributed by atoms with Gasteiger partial charge in [0.15, 0.2) is 0 Å². The summed E-state index contributed by atoms with van der Waals surface area (Å²) in [7, 11) is 2.15. The first-order valence-corrected chi connectivity index (χ1v) is 9.22. The Balaban J connectivity index is 1.64. The van der Waals surface area contributed by atoms with Gasteiger partial charge in [-0.3, -0.25) is 4.98 Å². The Bertz CT molecular complexity index is 884. The number of carboxylic acid groups (broad SMARTS) is 1. The van der Waals surface area contributed by atoms with Crippen molar-refractivity contribution in [2.24, 2.45) is 5.92 Å². The molecule has 1 unspecified atom stereocenters. The first kappa shape index (κ1) is 17.8. The zero-order valence-corrected chi connectivity index (χ0v) is 15.6. The molecular formula is C21H24N2O4. The maximum atomic E-state index is 11.2. The van der Waals surface area contributed by atoms with E-state index < -0.39 is 5.97 Å². The zero-order valence-electron chi connectivity index (χ0n) is 15.6. The van der Waals surface area contributed by atoms with E-state index in [-0.39, 0.29) is 16.9 Å². The molecule has 1 saturated heterocycles. The summed E-state index contributed by atoms with van der Waals surface area (Å²) in [6.07, 6.45) is 4.77. The molecule has 1 aromatic carbocycles. The predicted molar refractivity (Wildman–Crippen MR) is 100 cm³/mol. The lowest BCUT2D eigenvalue weighted by Gasteiger charge is -2.54. The summed E-state index contributed by atoms with van der Waals surface area (Å²) in [4.78, 5) is 17.5. The van der Waals surface area contributed by atoms with Gasteiger partial charge in [-0.15, -0.1) is 0 Å². The number of fused-ring (bicyclic) bond motifs is 4. The van der Waals surface area contributed by atoms with Gasteiger partial charge in [-0.25, -0.2) is 4.79 Å². The van der Waals surface area contributed by atoms with Gasteiger partial charge in [0.25, 0.3) is 0 Å². The van der Waals surface area contributed by atoms with Crippen molar-refractivity contribution in [2.45, 2.75) is 31.2 Å². The molecule has 0 saturated carbocycles. The van der Waals surface area contributed by atoms with Gasteiger partial charge in [0.05, 0.1) is 18.4 Å². The highest BCUT2D eigenvalue weighted by atomic mass is 16.5. The van der Waals surface area contributed by atoms with Crippen LogP contribution < -0.4 is 4.74 Å². The summed E-state index contributed by atoms with van der Waals surface area (Å²) in [6.45, 7) is 3.73. The maximum absolute atomic E-state index is 11.2. The zero-order chi connectivity index (χ0) is 19.2. The third-order valence-electron chi connectivity index (χ3n) is 6.36. The minimum absolute atomic E-state index is 0.0959. The van der Waals surface area contributed by atoms with Crippen LogP contribution in [-0.2, 0) is 11.8 Å². The molecule has 3 atom stereocenters. The van der Waals surface area contributed by atoms with Crippen molar-refractivity contribution in [3.05, 3.63) is 53.3 Å². The van der Waals surface area contributed by atoms with Crippen LogP contribution in [0.4, 0.5) is 0 Å². The maximum Gasteiger partial charge on any atom is 0.337 e. The average molecular weight is 368 g/mol. The van der Waals surface area contributed by atoms with Crippen LogP contribution in [0.3, 0.4) is 0 Å². The number of likely N-dealkylation sites (tertiary alicyclic amines) is 1. The molecule has 2 heterocycles. The van der Waals surface area contributed by atoms with E-state index in [0.717, 1.165) is 19.4 Å². The predicted octanol–water partition coefficient (Wildman–Crippen LogP) is 2.70. The number of carbonyl (C=O) groups is 1. The van der Waals surface area contributed by atoms with Crippen LogP contribution in [0.1, 0.15) is 34.8 Å². The number of likely N-dealkylation sites (N-methyl/N-ethyl adjacent to an activating group) is 1. The molecule has 1 fully saturated rings. The molecule has 1 aliphatic carbocycles. The fraction of sp³-hybridized carbons (Fsp3) is 0.429.